The van der Waals surface area contributed by atoms with Gasteiger partial charge in [-0.15, -0.1) is 0 Å². The number of carbonyl (C=O) groups excluding carboxylic acids is 1. The van der Waals surface area contributed by atoms with E-state index in [4.69, 9.17) is 26.2 Å². The van der Waals surface area contributed by atoms with E-state index in [9.17, 15) is 14.0 Å². The molecule has 0 aliphatic carbocycles. The lowest BCUT2D eigenvalue weighted by Gasteiger charge is -2.32. The first kappa shape index (κ1) is 15.5. The van der Waals surface area contributed by atoms with Crippen LogP contribution in [0.1, 0.15) is 0 Å². The van der Waals surface area contributed by atoms with Crippen LogP contribution in [-0.4, -0.2) is 54.3 Å². The SMILES string of the molecule is O=C(O)C1COCCN1C(=O)COc1ccc(F)cc1Cl. The second-order valence-electron chi connectivity index (χ2n) is 4.38. The van der Waals surface area contributed by atoms with Gasteiger partial charge in [0.15, 0.2) is 12.6 Å². The van der Waals surface area contributed by atoms with E-state index in [1.807, 2.05) is 0 Å². The molecule has 114 valence electrons. The predicted octanol–water partition coefficient (Wildman–Crippen LogP) is 1.17. The Bertz CT molecular complexity index is 553. The first-order chi connectivity index (χ1) is 9.99. The molecule has 1 N–H and O–H groups in total. The lowest BCUT2D eigenvalue weighted by Crippen LogP contribution is -2.53. The number of ether oxygens (including phenoxy) is 2. The minimum atomic E-state index is -1.14. The van der Waals surface area contributed by atoms with E-state index >= 15 is 0 Å². The molecule has 8 heteroatoms. The highest BCUT2D eigenvalue weighted by Gasteiger charge is 2.32. The second kappa shape index (κ2) is 6.73. The molecule has 1 aromatic carbocycles. The number of morpholine rings is 1. The summed E-state index contributed by atoms with van der Waals surface area (Å²) in [4.78, 5) is 24.3. The molecule has 0 radical (unpaired) electrons. The molecule has 0 saturated carbocycles. The third-order valence-corrected chi connectivity index (χ3v) is 3.27. The Labute approximate surface area is 125 Å². The predicted molar refractivity (Wildman–Crippen MR) is 70.9 cm³/mol. The van der Waals surface area contributed by atoms with E-state index in [1.165, 1.54) is 11.0 Å². The summed E-state index contributed by atoms with van der Waals surface area (Å²) in [6.07, 6.45) is 0. The van der Waals surface area contributed by atoms with Crippen LogP contribution < -0.4 is 4.74 Å². The van der Waals surface area contributed by atoms with Crippen molar-refractivity contribution in [1.82, 2.24) is 4.90 Å². The summed E-state index contributed by atoms with van der Waals surface area (Å²) in [6.45, 7) is 0.0106. The number of benzene rings is 1. The summed E-state index contributed by atoms with van der Waals surface area (Å²) in [5, 5.41) is 9.08. The standard InChI is InChI=1S/C13H13ClFNO5/c14-9-5-8(15)1-2-11(9)21-7-12(17)16-3-4-20-6-10(16)13(18)19/h1-2,5,10H,3-4,6-7H2,(H,18,19). The van der Waals surface area contributed by atoms with Crippen molar-refractivity contribution in [3.05, 3.63) is 29.0 Å². The van der Waals surface area contributed by atoms with Crippen LogP contribution in [0.4, 0.5) is 4.39 Å². The molecule has 1 aliphatic heterocycles. The molecule has 1 amide bonds. The zero-order valence-electron chi connectivity index (χ0n) is 10.9. The van der Waals surface area contributed by atoms with Gasteiger partial charge in [0.2, 0.25) is 0 Å². The van der Waals surface area contributed by atoms with Gasteiger partial charge in [0, 0.05) is 6.54 Å². The number of hydrogen-bond acceptors (Lipinski definition) is 4. The van der Waals surface area contributed by atoms with E-state index in [0.717, 1.165) is 12.1 Å². The Balaban J connectivity index is 1.98. The van der Waals surface area contributed by atoms with Crippen LogP contribution >= 0.6 is 11.6 Å². The summed E-state index contributed by atoms with van der Waals surface area (Å²) in [5.41, 5.74) is 0. The molecule has 1 fully saturated rings. The van der Waals surface area contributed by atoms with Crippen molar-refractivity contribution < 1.29 is 28.6 Å². The molecule has 0 bridgehead atoms. The van der Waals surface area contributed by atoms with Gasteiger partial charge in [0.05, 0.1) is 18.2 Å². The Hall–Kier alpha value is -1.86. The molecule has 0 aromatic heterocycles. The third-order valence-electron chi connectivity index (χ3n) is 2.98. The molecular formula is C13H13ClFNO5. The summed E-state index contributed by atoms with van der Waals surface area (Å²) in [6, 6.07) is 2.49. The number of carboxylic acid groups (broad SMARTS) is 1. The fourth-order valence-corrected chi connectivity index (χ4v) is 2.14. The normalized spacial score (nSPS) is 18.4. The van der Waals surface area contributed by atoms with Gasteiger partial charge in [0.1, 0.15) is 11.6 Å². The summed E-state index contributed by atoms with van der Waals surface area (Å²) >= 11 is 5.77. The molecule has 1 heterocycles. The van der Waals surface area contributed by atoms with E-state index < -0.39 is 23.7 Å². The Kier molecular flexibility index (Phi) is 4.98. The maximum Gasteiger partial charge on any atom is 0.328 e. The van der Waals surface area contributed by atoms with Gasteiger partial charge in [-0.1, -0.05) is 11.6 Å². The zero-order valence-corrected chi connectivity index (χ0v) is 11.7. The average Bonchev–Trinajstić information content (AvgIpc) is 2.46. The van der Waals surface area contributed by atoms with Crippen molar-refractivity contribution in [2.24, 2.45) is 0 Å². The van der Waals surface area contributed by atoms with Gasteiger partial charge < -0.3 is 19.5 Å². The van der Waals surface area contributed by atoms with Gasteiger partial charge >= 0.3 is 5.97 Å². The highest BCUT2D eigenvalue weighted by atomic mass is 35.5. The van der Waals surface area contributed by atoms with Crippen molar-refractivity contribution in [2.75, 3.05) is 26.4 Å². The van der Waals surface area contributed by atoms with Crippen LogP contribution in [0, 0.1) is 5.82 Å². The minimum absolute atomic E-state index is 0.0413. The van der Waals surface area contributed by atoms with Gasteiger partial charge in [-0.05, 0) is 18.2 Å². The molecule has 1 saturated heterocycles. The zero-order chi connectivity index (χ0) is 15.4. The van der Waals surface area contributed by atoms with Crippen molar-refractivity contribution in [3.63, 3.8) is 0 Å². The number of aliphatic carboxylic acids is 1. The van der Waals surface area contributed by atoms with Gasteiger partial charge in [-0.25, -0.2) is 9.18 Å². The van der Waals surface area contributed by atoms with Crippen LogP contribution in [0.5, 0.6) is 5.75 Å². The lowest BCUT2D eigenvalue weighted by atomic mass is 10.2. The smallest absolute Gasteiger partial charge is 0.328 e. The van der Waals surface area contributed by atoms with Crippen molar-refractivity contribution in [3.8, 4) is 5.75 Å². The fraction of sp³-hybridized carbons (Fsp3) is 0.385. The Morgan fingerprint density at radius 3 is 2.95 bits per heavy atom. The largest absolute Gasteiger partial charge is 0.482 e. The van der Waals surface area contributed by atoms with Gasteiger partial charge in [-0.2, -0.15) is 0 Å². The number of nitrogens with zero attached hydrogens (tertiary/aromatic N) is 1. The molecule has 21 heavy (non-hydrogen) atoms. The average molecular weight is 318 g/mol. The van der Waals surface area contributed by atoms with Gasteiger partial charge in [-0.3, -0.25) is 4.79 Å². The van der Waals surface area contributed by atoms with E-state index in [2.05, 4.69) is 0 Å². The molecule has 1 aliphatic rings. The molecule has 1 atom stereocenters. The van der Waals surface area contributed by atoms with Crippen molar-refractivity contribution >= 4 is 23.5 Å². The minimum Gasteiger partial charge on any atom is -0.482 e. The van der Waals surface area contributed by atoms with E-state index in [0.29, 0.717) is 0 Å². The van der Waals surface area contributed by atoms with Gasteiger partial charge in [0.25, 0.3) is 5.91 Å². The maximum absolute atomic E-state index is 12.9. The van der Waals surface area contributed by atoms with Crippen LogP contribution in [0.3, 0.4) is 0 Å². The number of rotatable bonds is 4. The van der Waals surface area contributed by atoms with Crippen molar-refractivity contribution in [2.45, 2.75) is 6.04 Å². The monoisotopic (exact) mass is 317 g/mol. The second-order valence-corrected chi connectivity index (χ2v) is 4.79. The first-order valence-electron chi connectivity index (χ1n) is 6.17. The Morgan fingerprint density at radius 2 is 2.29 bits per heavy atom. The molecule has 1 aromatic rings. The molecule has 2 rings (SSSR count). The van der Waals surface area contributed by atoms with Crippen LogP contribution in [0.15, 0.2) is 18.2 Å². The topological polar surface area (TPSA) is 76.1 Å². The first-order valence-corrected chi connectivity index (χ1v) is 6.54. The van der Waals surface area contributed by atoms with Crippen molar-refractivity contribution in [1.29, 1.82) is 0 Å². The van der Waals surface area contributed by atoms with E-state index in [1.54, 1.807) is 0 Å². The lowest BCUT2D eigenvalue weighted by molar-refractivity contribution is -0.159. The summed E-state index contributed by atoms with van der Waals surface area (Å²) < 4.78 is 23.1. The van der Waals surface area contributed by atoms with Crippen LogP contribution in [0.25, 0.3) is 0 Å². The Morgan fingerprint density at radius 1 is 1.52 bits per heavy atom. The number of carbonyl (C=O) groups is 2. The highest BCUT2D eigenvalue weighted by Crippen LogP contribution is 2.24. The quantitative estimate of drug-likeness (QED) is 0.902. The van der Waals surface area contributed by atoms with Crippen LogP contribution in [0.2, 0.25) is 5.02 Å². The molecule has 1 unspecified atom stereocenters. The number of hydrogen-bond donors (Lipinski definition) is 1. The molecule has 6 nitrogen and oxygen atoms in total. The summed E-state index contributed by atoms with van der Waals surface area (Å²) in [5.74, 6) is -1.99. The third kappa shape index (κ3) is 3.83. The number of halogens is 2. The fourth-order valence-electron chi connectivity index (χ4n) is 1.92. The number of amides is 1. The maximum atomic E-state index is 12.9. The van der Waals surface area contributed by atoms with E-state index in [-0.39, 0.29) is 37.1 Å². The molecular weight excluding hydrogens is 305 g/mol. The highest BCUT2D eigenvalue weighted by molar-refractivity contribution is 6.32. The van der Waals surface area contributed by atoms with Crippen LogP contribution in [-0.2, 0) is 14.3 Å². The number of carboxylic acids is 1. The molecule has 0 spiro atoms. The summed E-state index contributed by atoms with van der Waals surface area (Å²) in [7, 11) is 0.